The van der Waals surface area contributed by atoms with Gasteiger partial charge in [-0.2, -0.15) is 0 Å². The summed E-state index contributed by atoms with van der Waals surface area (Å²) in [5, 5.41) is 9.61. The van der Waals surface area contributed by atoms with Crippen LogP contribution in [0.4, 0.5) is 0 Å². The summed E-state index contributed by atoms with van der Waals surface area (Å²) in [5.74, 6) is -0.629. The monoisotopic (exact) mass is 939 g/mol. The summed E-state index contributed by atoms with van der Waals surface area (Å²) < 4.78 is 10.6. The Hall–Kier alpha value is -3.96. The molecule has 0 spiro atoms. The van der Waals surface area contributed by atoms with Gasteiger partial charge in [0.25, 0.3) is 0 Å². The lowest BCUT2D eigenvalue weighted by Crippen LogP contribution is -2.28. The van der Waals surface area contributed by atoms with Crippen molar-refractivity contribution in [2.75, 3.05) is 13.2 Å². The average Bonchev–Trinajstić information content (AvgIpc) is 3.34. The van der Waals surface area contributed by atoms with Gasteiger partial charge in [0.2, 0.25) is 0 Å². The molecule has 1 N–H and O–H groups in total. The smallest absolute Gasteiger partial charge is 0.306 e. The van der Waals surface area contributed by atoms with Gasteiger partial charge in [0.1, 0.15) is 6.61 Å². The summed E-state index contributed by atoms with van der Waals surface area (Å²) in [7, 11) is 0. The third-order valence-corrected chi connectivity index (χ3v) is 11.4. The summed E-state index contributed by atoms with van der Waals surface area (Å²) in [4.78, 5) is 24.4. The van der Waals surface area contributed by atoms with Crippen molar-refractivity contribution in [3.63, 3.8) is 0 Å². The first-order valence-corrected chi connectivity index (χ1v) is 27.7. The van der Waals surface area contributed by atoms with Gasteiger partial charge in [0, 0.05) is 12.8 Å². The van der Waals surface area contributed by atoms with Crippen molar-refractivity contribution >= 4 is 11.9 Å². The predicted octanol–water partition coefficient (Wildman–Crippen LogP) is 18.9. The number of rotatable bonds is 49. The first-order valence-electron chi connectivity index (χ1n) is 27.7. The van der Waals surface area contributed by atoms with Crippen LogP contribution in [0, 0.1) is 0 Å². The van der Waals surface area contributed by atoms with Crippen LogP contribution in [0.15, 0.2) is 134 Å². The number of esters is 2. The maximum absolute atomic E-state index is 12.3. The van der Waals surface area contributed by atoms with Crippen molar-refractivity contribution in [2.45, 2.75) is 238 Å². The molecule has 0 aromatic heterocycles. The van der Waals surface area contributed by atoms with E-state index < -0.39 is 6.10 Å². The summed E-state index contributed by atoms with van der Waals surface area (Å²) in [6.07, 6.45) is 85.8. The molecule has 0 bridgehead atoms. The first-order chi connectivity index (χ1) is 33.6. The maximum Gasteiger partial charge on any atom is 0.306 e. The van der Waals surface area contributed by atoms with E-state index in [2.05, 4.69) is 148 Å². The fourth-order valence-corrected chi connectivity index (χ4v) is 7.35. The highest BCUT2D eigenvalue weighted by Crippen LogP contribution is 2.15. The van der Waals surface area contributed by atoms with Crippen molar-refractivity contribution in [3.05, 3.63) is 134 Å². The van der Waals surface area contributed by atoms with E-state index in [9.17, 15) is 14.7 Å². The van der Waals surface area contributed by atoms with Crippen LogP contribution in [0.1, 0.15) is 232 Å². The Morgan fingerprint density at radius 1 is 0.338 bits per heavy atom. The fraction of sp³-hybridized carbons (Fsp3) is 0.619. The molecule has 0 aliphatic rings. The molecule has 0 saturated carbocycles. The van der Waals surface area contributed by atoms with Crippen molar-refractivity contribution in [1.29, 1.82) is 0 Å². The second kappa shape index (κ2) is 57.4. The van der Waals surface area contributed by atoms with Crippen molar-refractivity contribution in [1.82, 2.24) is 0 Å². The number of aliphatic hydroxyl groups is 1. The van der Waals surface area contributed by atoms with Gasteiger partial charge >= 0.3 is 11.9 Å². The molecule has 0 radical (unpaired) electrons. The molecule has 5 nitrogen and oxygen atoms in total. The molecule has 5 heteroatoms. The fourth-order valence-electron chi connectivity index (χ4n) is 7.35. The second-order valence-electron chi connectivity index (χ2n) is 17.9. The van der Waals surface area contributed by atoms with Crippen LogP contribution < -0.4 is 0 Å². The maximum atomic E-state index is 12.3. The molecule has 0 rings (SSSR count). The van der Waals surface area contributed by atoms with Gasteiger partial charge in [0.15, 0.2) is 6.10 Å². The minimum absolute atomic E-state index is 0.0859. The Bertz CT molecular complexity index is 1430. The molecule has 0 heterocycles. The second-order valence-corrected chi connectivity index (χ2v) is 17.9. The highest BCUT2D eigenvalue weighted by Gasteiger charge is 2.16. The van der Waals surface area contributed by atoms with E-state index >= 15 is 0 Å². The average molecular weight is 940 g/mol. The lowest BCUT2D eigenvalue weighted by Gasteiger charge is -2.15. The molecular weight excluding hydrogens is 837 g/mol. The lowest BCUT2D eigenvalue weighted by molar-refractivity contribution is -0.161. The van der Waals surface area contributed by atoms with E-state index in [1.807, 2.05) is 0 Å². The van der Waals surface area contributed by atoms with Crippen molar-refractivity contribution < 1.29 is 24.2 Å². The molecule has 0 aliphatic heterocycles. The molecule has 0 aliphatic carbocycles. The van der Waals surface area contributed by atoms with Gasteiger partial charge in [-0.1, -0.05) is 244 Å². The van der Waals surface area contributed by atoms with E-state index in [0.29, 0.717) is 12.8 Å². The number of ether oxygens (including phenoxy) is 2. The van der Waals surface area contributed by atoms with Crippen molar-refractivity contribution in [2.24, 2.45) is 0 Å². The predicted molar refractivity (Wildman–Crippen MR) is 297 cm³/mol. The number of hydrogen-bond donors (Lipinski definition) is 1. The van der Waals surface area contributed by atoms with Crippen LogP contribution in [0.2, 0.25) is 0 Å². The van der Waals surface area contributed by atoms with E-state index in [1.54, 1.807) is 0 Å². The number of allylic oxidation sites excluding steroid dienone is 22. The zero-order valence-corrected chi connectivity index (χ0v) is 43.8. The third kappa shape index (κ3) is 54.6. The van der Waals surface area contributed by atoms with Crippen LogP contribution in [0.3, 0.4) is 0 Å². The van der Waals surface area contributed by atoms with Crippen LogP contribution in [0.25, 0.3) is 0 Å². The van der Waals surface area contributed by atoms with E-state index in [4.69, 9.17) is 9.47 Å². The Morgan fingerprint density at radius 3 is 0.897 bits per heavy atom. The minimum atomic E-state index is -0.790. The van der Waals surface area contributed by atoms with Gasteiger partial charge in [-0.15, -0.1) is 0 Å². The normalized spacial score (nSPS) is 13.3. The first kappa shape index (κ1) is 64.0. The summed E-state index contributed by atoms with van der Waals surface area (Å²) in [6, 6.07) is 0. The van der Waals surface area contributed by atoms with Gasteiger partial charge in [0.05, 0.1) is 6.61 Å². The molecular formula is C63H102O5. The van der Waals surface area contributed by atoms with Crippen LogP contribution >= 0.6 is 0 Å². The zero-order chi connectivity index (χ0) is 49.2. The SMILES string of the molecule is CC/C=C\C/C=C\C/C=C\C/C=C\C/C=C\C/C=C\C/C=C\C/C=C\CCCCCCCCCCCCCCCCCCC(=O)OC(CO)COC(=O)CCCCC/C=C\C/C=C\C/C=C\CC. The van der Waals surface area contributed by atoms with Gasteiger partial charge in [-0.05, 0) is 109 Å². The molecule has 0 fully saturated rings. The largest absolute Gasteiger partial charge is 0.462 e. The molecule has 384 valence electrons. The quantitative estimate of drug-likeness (QED) is 0.0374. The highest BCUT2D eigenvalue weighted by atomic mass is 16.6. The Labute approximate surface area is 419 Å². The zero-order valence-electron chi connectivity index (χ0n) is 43.8. The minimum Gasteiger partial charge on any atom is -0.462 e. The molecule has 68 heavy (non-hydrogen) atoms. The Balaban J connectivity index is 3.52. The van der Waals surface area contributed by atoms with Crippen LogP contribution in [0.5, 0.6) is 0 Å². The van der Waals surface area contributed by atoms with Crippen LogP contribution in [-0.2, 0) is 19.1 Å². The standard InChI is InChI=1S/C63H102O5/c1-3-5-7-9-11-13-15-17-18-19-20-21-22-23-24-25-26-27-28-29-30-31-32-33-34-35-36-37-38-39-40-41-42-43-44-46-48-50-52-54-56-58-63(66)68-61(59-64)60-67-62(65)57-55-53-51-49-47-45-16-14-12-10-8-6-4-2/h5-8,11-14,17-18,20-21,23-24,26-27,29-30,32-33,45,47,61,64H,3-4,9-10,15-16,19,22,25,28,31,34-44,46,48-60H2,1-2H3/b7-5-,8-6-,13-11-,14-12-,18-17-,21-20-,24-23-,27-26-,30-29-,33-32-,47-45-. The van der Waals surface area contributed by atoms with Gasteiger partial charge in [-0.25, -0.2) is 0 Å². The molecule has 0 saturated heterocycles. The number of unbranched alkanes of at least 4 members (excludes halogenated alkanes) is 19. The van der Waals surface area contributed by atoms with E-state index in [0.717, 1.165) is 116 Å². The molecule has 0 amide bonds. The van der Waals surface area contributed by atoms with E-state index in [1.165, 1.54) is 89.9 Å². The third-order valence-electron chi connectivity index (χ3n) is 11.4. The summed E-state index contributed by atoms with van der Waals surface area (Å²) in [5.41, 5.74) is 0. The Morgan fingerprint density at radius 2 is 0.588 bits per heavy atom. The molecule has 1 unspecified atom stereocenters. The van der Waals surface area contributed by atoms with Gasteiger partial charge < -0.3 is 14.6 Å². The topological polar surface area (TPSA) is 72.8 Å². The van der Waals surface area contributed by atoms with Crippen LogP contribution in [-0.4, -0.2) is 36.4 Å². The van der Waals surface area contributed by atoms with E-state index in [-0.39, 0.29) is 25.2 Å². The number of carbonyl (C=O) groups excluding carboxylic acids is 2. The highest BCUT2D eigenvalue weighted by molar-refractivity contribution is 5.70. The molecule has 1 atom stereocenters. The number of aliphatic hydroxyl groups excluding tert-OH is 1. The Kier molecular flexibility index (Phi) is 54.0. The molecule has 0 aromatic carbocycles. The summed E-state index contributed by atoms with van der Waals surface area (Å²) >= 11 is 0. The summed E-state index contributed by atoms with van der Waals surface area (Å²) in [6.45, 7) is 3.88. The molecule has 0 aromatic rings. The number of hydrogen-bond acceptors (Lipinski definition) is 5. The van der Waals surface area contributed by atoms with Gasteiger partial charge in [-0.3, -0.25) is 9.59 Å². The lowest BCUT2D eigenvalue weighted by atomic mass is 10.0. The number of carbonyl (C=O) groups is 2. The van der Waals surface area contributed by atoms with Crippen molar-refractivity contribution in [3.8, 4) is 0 Å².